The average Bonchev–Trinajstić information content (AvgIpc) is 3.03. The molecule has 0 saturated carbocycles. The van der Waals surface area contributed by atoms with Crippen molar-refractivity contribution in [3.8, 4) is 22.4 Å². The Morgan fingerprint density at radius 2 is 1.85 bits per heavy atom. The summed E-state index contributed by atoms with van der Waals surface area (Å²) in [6.45, 7) is 0.423. The van der Waals surface area contributed by atoms with E-state index in [-0.39, 0.29) is 18.9 Å². The normalized spacial score (nSPS) is 13.5. The number of aromatic nitrogens is 2. The molecule has 2 N–H and O–H groups in total. The Labute approximate surface area is 166 Å². The van der Waals surface area contributed by atoms with E-state index in [0.717, 1.165) is 33.7 Å². The molecule has 0 aliphatic carbocycles. The minimum absolute atomic E-state index is 0.00527. The predicted molar refractivity (Wildman–Crippen MR) is 109 cm³/mol. The van der Waals surface area contributed by atoms with Crippen LogP contribution in [0.15, 0.2) is 47.6 Å². The third kappa shape index (κ3) is 2.98. The lowest BCUT2D eigenvalue weighted by Gasteiger charge is -2.17. The molecular weight excluding hydrogens is 383 g/mol. The van der Waals surface area contributed by atoms with Crippen molar-refractivity contribution in [2.45, 2.75) is 0 Å². The fourth-order valence-corrected chi connectivity index (χ4v) is 3.95. The highest BCUT2D eigenvalue weighted by Crippen LogP contribution is 2.40. The number of fused-ring (bicyclic) bond motifs is 1. The van der Waals surface area contributed by atoms with Crippen LogP contribution in [0.2, 0.25) is 10.0 Å². The fourth-order valence-electron chi connectivity index (χ4n) is 3.38. The van der Waals surface area contributed by atoms with Crippen LogP contribution >= 0.6 is 23.2 Å². The number of hydrogen-bond donors (Lipinski definition) is 1. The predicted octanol–water partition coefficient (Wildman–Crippen LogP) is 4.01. The number of aliphatic imine (C=N–C) groups is 1. The van der Waals surface area contributed by atoms with Crippen molar-refractivity contribution < 1.29 is 4.79 Å². The molecule has 136 valence electrons. The molecule has 1 aromatic heterocycles. The second kappa shape index (κ2) is 6.93. The number of aryl methyl sites for hydroxylation is 1. The average molecular weight is 399 g/mol. The van der Waals surface area contributed by atoms with Crippen LogP contribution in [0.25, 0.3) is 22.4 Å². The Morgan fingerprint density at radius 3 is 2.56 bits per heavy atom. The molecule has 0 amide bonds. The van der Waals surface area contributed by atoms with Crippen molar-refractivity contribution in [1.82, 2.24) is 9.78 Å². The van der Waals surface area contributed by atoms with Gasteiger partial charge in [0.25, 0.3) is 0 Å². The first-order valence-corrected chi connectivity index (χ1v) is 9.14. The van der Waals surface area contributed by atoms with E-state index >= 15 is 0 Å². The van der Waals surface area contributed by atoms with Gasteiger partial charge in [0.15, 0.2) is 5.78 Å². The largest absolute Gasteiger partial charge is 0.325 e. The summed E-state index contributed by atoms with van der Waals surface area (Å²) in [5, 5.41) is 5.49. The molecule has 0 fully saturated rings. The Bertz CT molecular complexity index is 1080. The standard InChI is InChI=1S/C20H16Cl2N4O/c1-26-20(19-15(21)3-2-4-16(19)22)14(9-25-26)11-5-6-12-13(7-11)17(8-23)24-10-18(12)27/h2-7,9H,8,10,23H2,1H3. The van der Waals surface area contributed by atoms with Gasteiger partial charge in [0.05, 0.1) is 27.6 Å². The molecule has 3 aromatic rings. The monoisotopic (exact) mass is 398 g/mol. The minimum atomic E-state index is -0.00527. The summed E-state index contributed by atoms with van der Waals surface area (Å²) in [7, 11) is 1.84. The fraction of sp³-hybridized carbons (Fsp3) is 0.150. The summed E-state index contributed by atoms with van der Waals surface area (Å²) in [5.41, 5.74) is 11.3. The van der Waals surface area contributed by atoms with Gasteiger partial charge in [0.1, 0.15) is 6.54 Å². The number of halogens is 2. The van der Waals surface area contributed by atoms with Gasteiger partial charge in [-0.25, -0.2) is 0 Å². The van der Waals surface area contributed by atoms with Gasteiger partial charge >= 0.3 is 0 Å². The molecule has 2 aromatic carbocycles. The van der Waals surface area contributed by atoms with Crippen LogP contribution in [0.1, 0.15) is 15.9 Å². The molecule has 7 heteroatoms. The molecule has 2 heterocycles. The SMILES string of the molecule is Cn1ncc(-c2ccc3c(c2)C(CN)=NCC3=O)c1-c1c(Cl)cccc1Cl. The lowest BCUT2D eigenvalue weighted by Crippen LogP contribution is -2.24. The van der Waals surface area contributed by atoms with E-state index in [4.69, 9.17) is 28.9 Å². The molecule has 1 aliphatic heterocycles. The van der Waals surface area contributed by atoms with E-state index in [1.54, 1.807) is 29.1 Å². The van der Waals surface area contributed by atoms with Gasteiger partial charge in [-0.3, -0.25) is 14.5 Å². The van der Waals surface area contributed by atoms with Crippen LogP contribution in [0, 0.1) is 0 Å². The second-order valence-corrected chi connectivity index (χ2v) is 7.09. The van der Waals surface area contributed by atoms with Gasteiger partial charge in [-0.15, -0.1) is 0 Å². The van der Waals surface area contributed by atoms with Gasteiger partial charge in [0, 0.05) is 35.8 Å². The van der Waals surface area contributed by atoms with Crippen molar-refractivity contribution in [3.05, 3.63) is 63.8 Å². The summed E-state index contributed by atoms with van der Waals surface area (Å²) in [5.74, 6) is -0.00527. The number of ketones is 1. The number of benzene rings is 2. The summed E-state index contributed by atoms with van der Waals surface area (Å²) in [4.78, 5) is 16.5. The Hall–Kier alpha value is -2.47. The third-order valence-electron chi connectivity index (χ3n) is 4.69. The van der Waals surface area contributed by atoms with Crippen molar-refractivity contribution in [3.63, 3.8) is 0 Å². The quantitative estimate of drug-likeness (QED) is 0.724. The lowest BCUT2D eigenvalue weighted by molar-refractivity contribution is 0.1000. The van der Waals surface area contributed by atoms with Crippen molar-refractivity contribution in [1.29, 1.82) is 0 Å². The first kappa shape index (κ1) is 17.9. The van der Waals surface area contributed by atoms with E-state index in [9.17, 15) is 4.79 Å². The van der Waals surface area contributed by atoms with Crippen LogP contribution in [0.5, 0.6) is 0 Å². The molecule has 0 unspecified atom stereocenters. The number of hydrogen-bond acceptors (Lipinski definition) is 4. The zero-order valence-electron chi connectivity index (χ0n) is 14.5. The number of carbonyl (C=O) groups excluding carboxylic acids is 1. The highest BCUT2D eigenvalue weighted by molar-refractivity contribution is 6.39. The maximum atomic E-state index is 12.2. The molecule has 0 saturated heterocycles. The Balaban J connectivity index is 1.93. The van der Waals surface area contributed by atoms with E-state index in [1.165, 1.54) is 0 Å². The van der Waals surface area contributed by atoms with Crippen LogP contribution in [0.4, 0.5) is 0 Å². The molecule has 1 aliphatic rings. The van der Waals surface area contributed by atoms with Crippen LogP contribution < -0.4 is 5.73 Å². The van der Waals surface area contributed by atoms with Gasteiger partial charge < -0.3 is 5.73 Å². The molecule has 27 heavy (non-hydrogen) atoms. The van der Waals surface area contributed by atoms with E-state index < -0.39 is 0 Å². The van der Waals surface area contributed by atoms with Crippen LogP contribution in [-0.2, 0) is 7.05 Å². The summed E-state index contributed by atoms with van der Waals surface area (Å²) >= 11 is 12.9. The molecule has 0 bridgehead atoms. The van der Waals surface area contributed by atoms with Gasteiger partial charge in [0.2, 0.25) is 0 Å². The van der Waals surface area contributed by atoms with Crippen molar-refractivity contribution >= 4 is 34.7 Å². The first-order chi connectivity index (χ1) is 13.0. The molecular formula is C20H16Cl2N4O. The summed E-state index contributed by atoms with van der Waals surface area (Å²) in [6.07, 6.45) is 1.76. The smallest absolute Gasteiger partial charge is 0.184 e. The van der Waals surface area contributed by atoms with E-state index in [2.05, 4.69) is 10.1 Å². The Morgan fingerprint density at radius 1 is 1.11 bits per heavy atom. The van der Waals surface area contributed by atoms with Crippen LogP contribution in [0.3, 0.4) is 0 Å². The highest BCUT2D eigenvalue weighted by Gasteiger charge is 2.23. The number of nitrogens with zero attached hydrogens (tertiary/aromatic N) is 3. The number of Topliss-reactive ketones (excluding diaryl/α,β-unsaturated/α-hetero) is 1. The summed E-state index contributed by atoms with van der Waals surface area (Å²) in [6, 6.07) is 11.1. The van der Waals surface area contributed by atoms with Gasteiger partial charge in [-0.05, 0) is 23.8 Å². The highest BCUT2D eigenvalue weighted by atomic mass is 35.5. The first-order valence-electron chi connectivity index (χ1n) is 8.39. The second-order valence-electron chi connectivity index (χ2n) is 6.28. The third-order valence-corrected chi connectivity index (χ3v) is 5.32. The maximum absolute atomic E-state index is 12.2. The molecule has 5 nitrogen and oxygen atoms in total. The minimum Gasteiger partial charge on any atom is -0.325 e. The zero-order valence-corrected chi connectivity index (χ0v) is 16.1. The van der Waals surface area contributed by atoms with Crippen molar-refractivity contribution in [2.75, 3.05) is 13.1 Å². The van der Waals surface area contributed by atoms with E-state index in [0.29, 0.717) is 15.6 Å². The lowest BCUT2D eigenvalue weighted by atomic mass is 9.92. The number of rotatable bonds is 3. The molecule has 0 radical (unpaired) electrons. The molecule has 4 rings (SSSR count). The van der Waals surface area contributed by atoms with E-state index in [1.807, 2.05) is 25.2 Å². The topological polar surface area (TPSA) is 73.3 Å². The summed E-state index contributed by atoms with van der Waals surface area (Å²) < 4.78 is 1.74. The zero-order chi connectivity index (χ0) is 19.1. The van der Waals surface area contributed by atoms with Gasteiger partial charge in [-0.1, -0.05) is 41.4 Å². The van der Waals surface area contributed by atoms with Crippen molar-refractivity contribution in [2.24, 2.45) is 17.8 Å². The Kier molecular flexibility index (Phi) is 4.60. The van der Waals surface area contributed by atoms with Gasteiger partial charge in [-0.2, -0.15) is 5.10 Å². The van der Waals surface area contributed by atoms with Crippen LogP contribution in [-0.4, -0.2) is 34.4 Å². The number of carbonyl (C=O) groups is 1. The maximum Gasteiger partial charge on any atom is 0.184 e. The molecule has 0 atom stereocenters. The number of nitrogens with two attached hydrogens (primary N) is 1. The molecule has 0 spiro atoms.